The molecule has 33 heavy (non-hydrogen) atoms. The summed E-state index contributed by atoms with van der Waals surface area (Å²) in [7, 11) is 1.86. The summed E-state index contributed by atoms with van der Waals surface area (Å²) in [5, 5.41) is 13.6. The fraction of sp³-hybridized carbons (Fsp3) is 0.385. The van der Waals surface area contributed by atoms with Crippen molar-refractivity contribution >= 4 is 16.6 Å². The number of rotatable bonds is 3. The highest BCUT2D eigenvalue weighted by Gasteiger charge is 2.43. The van der Waals surface area contributed by atoms with Crippen molar-refractivity contribution in [2.45, 2.75) is 25.2 Å². The molecule has 0 amide bonds. The van der Waals surface area contributed by atoms with Crippen LogP contribution in [0.25, 0.3) is 10.9 Å². The maximum atomic E-state index is 14.9. The van der Waals surface area contributed by atoms with Crippen molar-refractivity contribution in [3.8, 4) is 6.07 Å². The maximum absolute atomic E-state index is 14.9. The predicted molar refractivity (Wildman–Crippen MR) is 127 cm³/mol. The summed E-state index contributed by atoms with van der Waals surface area (Å²) in [6.07, 6.45) is 6.93. The van der Waals surface area contributed by atoms with Crippen LogP contribution in [-0.2, 0) is 0 Å². The van der Waals surface area contributed by atoms with Crippen LogP contribution in [0.5, 0.6) is 0 Å². The van der Waals surface area contributed by atoms with Crippen molar-refractivity contribution in [3.63, 3.8) is 0 Å². The van der Waals surface area contributed by atoms with Crippen molar-refractivity contribution in [2.75, 3.05) is 44.7 Å². The van der Waals surface area contributed by atoms with Crippen molar-refractivity contribution in [1.82, 2.24) is 20.1 Å². The molecular formula is C26H27FN6. The summed E-state index contributed by atoms with van der Waals surface area (Å²) in [4.78, 5) is 11.2. The Morgan fingerprint density at radius 3 is 2.88 bits per heavy atom. The molecule has 0 spiro atoms. The van der Waals surface area contributed by atoms with E-state index in [0.717, 1.165) is 48.3 Å². The molecule has 1 aromatic carbocycles. The number of nitrogens with zero attached hydrogens (tertiary/aromatic N) is 5. The monoisotopic (exact) mass is 442 g/mol. The van der Waals surface area contributed by atoms with Crippen molar-refractivity contribution in [1.29, 1.82) is 5.26 Å². The third-order valence-corrected chi connectivity index (χ3v) is 7.61. The van der Waals surface area contributed by atoms with E-state index in [2.05, 4.69) is 57.4 Å². The van der Waals surface area contributed by atoms with E-state index in [1.807, 2.05) is 19.2 Å². The van der Waals surface area contributed by atoms with Gasteiger partial charge in [-0.25, -0.2) is 4.39 Å². The fourth-order valence-corrected chi connectivity index (χ4v) is 5.57. The van der Waals surface area contributed by atoms with Gasteiger partial charge in [0.05, 0.1) is 30.7 Å². The standard InChI is InChI=1S/C26H27FN6/c1-17-12-32(23-8-5-18(11-28)25-22(23)4-3-9-30-25)14-24-21-7-6-20(10-19(21)13-33(17)24)31(2)26(27)15-29-16-26/h3-6,8-10,17,29H,7,12-16H2,1-2H3/t17-/m1/s1. The first-order valence-electron chi connectivity index (χ1n) is 11.5. The number of allylic oxidation sites excluding steroid dienone is 2. The molecule has 4 aliphatic rings. The molecular weight excluding hydrogens is 415 g/mol. The molecule has 1 atom stereocenters. The molecule has 1 aromatic heterocycles. The average Bonchev–Trinajstić information content (AvgIpc) is 3.19. The number of pyridine rings is 1. The summed E-state index contributed by atoms with van der Waals surface area (Å²) in [5.41, 5.74) is 7.51. The SMILES string of the molecule is C[C@@H]1CN(c2ccc(C#N)c3ncccc23)CC2=C3CC=C(N(C)C4(F)CNC4)C=C3CN21. The minimum atomic E-state index is -1.28. The largest absolute Gasteiger partial charge is 0.364 e. The zero-order chi connectivity index (χ0) is 22.7. The number of nitrogens with one attached hydrogen (secondary N) is 1. The molecule has 0 unspecified atom stereocenters. The van der Waals surface area contributed by atoms with Gasteiger partial charge < -0.3 is 20.0 Å². The summed E-state index contributed by atoms with van der Waals surface area (Å²) >= 11 is 0. The number of likely N-dealkylation sites (N-methyl/N-ethyl adjacent to an activating group) is 1. The first kappa shape index (κ1) is 20.3. The summed E-state index contributed by atoms with van der Waals surface area (Å²) < 4.78 is 14.9. The molecule has 7 heteroatoms. The summed E-state index contributed by atoms with van der Waals surface area (Å²) in [5.74, 6) is -1.28. The van der Waals surface area contributed by atoms with Crippen LogP contribution in [-0.4, -0.2) is 66.4 Å². The second kappa shape index (κ2) is 7.32. The van der Waals surface area contributed by atoms with Gasteiger partial charge in [-0.1, -0.05) is 6.08 Å². The van der Waals surface area contributed by atoms with Crippen LogP contribution in [0.3, 0.4) is 0 Å². The lowest BCUT2D eigenvalue weighted by Crippen LogP contribution is -2.64. The molecule has 6 nitrogen and oxygen atoms in total. The number of hydrogen-bond donors (Lipinski definition) is 1. The van der Waals surface area contributed by atoms with Crippen LogP contribution in [0.4, 0.5) is 10.1 Å². The smallest absolute Gasteiger partial charge is 0.207 e. The number of nitriles is 1. The highest BCUT2D eigenvalue weighted by atomic mass is 19.1. The van der Waals surface area contributed by atoms with E-state index in [0.29, 0.717) is 24.7 Å². The fourth-order valence-electron chi connectivity index (χ4n) is 5.57. The molecule has 1 N–H and O–H groups in total. The highest BCUT2D eigenvalue weighted by molar-refractivity contribution is 5.95. The Morgan fingerprint density at radius 2 is 2.12 bits per heavy atom. The van der Waals surface area contributed by atoms with Gasteiger partial charge in [0, 0.05) is 54.8 Å². The quantitative estimate of drug-likeness (QED) is 0.737. The van der Waals surface area contributed by atoms with Gasteiger partial charge >= 0.3 is 0 Å². The zero-order valence-electron chi connectivity index (χ0n) is 19.0. The first-order chi connectivity index (χ1) is 16.0. The Labute approximate surface area is 193 Å². The van der Waals surface area contributed by atoms with E-state index >= 15 is 0 Å². The van der Waals surface area contributed by atoms with E-state index in [9.17, 15) is 9.65 Å². The molecule has 6 rings (SSSR count). The second-order valence-corrected chi connectivity index (χ2v) is 9.51. The molecule has 1 aliphatic carbocycles. The van der Waals surface area contributed by atoms with Gasteiger partial charge in [-0.3, -0.25) is 4.98 Å². The number of piperazine rings is 1. The Kier molecular flexibility index (Phi) is 4.49. The van der Waals surface area contributed by atoms with Gasteiger partial charge in [0.15, 0.2) is 0 Å². The van der Waals surface area contributed by atoms with Crippen LogP contribution in [0.15, 0.2) is 65.2 Å². The maximum Gasteiger partial charge on any atom is 0.207 e. The molecule has 0 saturated carbocycles. The van der Waals surface area contributed by atoms with E-state index in [4.69, 9.17) is 0 Å². The lowest BCUT2D eigenvalue weighted by molar-refractivity contribution is -0.0368. The average molecular weight is 443 g/mol. The van der Waals surface area contributed by atoms with E-state index in [1.165, 1.54) is 16.8 Å². The number of hydrogen-bond acceptors (Lipinski definition) is 6. The number of alkyl halides is 1. The number of benzene rings is 1. The van der Waals surface area contributed by atoms with Crippen LogP contribution < -0.4 is 10.2 Å². The Hall–Kier alpha value is -3.37. The lowest BCUT2D eigenvalue weighted by Gasteiger charge is -2.44. The third-order valence-electron chi connectivity index (χ3n) is 7.61. The summed E-state index contributed by atoms with van der Waals surface area (Å²) in [6, 6.07) is 10.5. The number of anilines is 1. The minimum absolute atomic E-state index is 0.347. The van der Waals surface area contributed by atoms with Gasteiger partial charge in [0.25, 0.3) is 0 Å². The van der Waals surface area contributed by atoms with Crippen molar-refractivity contribution in [2.24, 2.45) is 0 Å². The third kappa shape index (κ3) is 3.05. The van der Waals surface area contributed by atoms with Crippen LogP contribution in [0.2, 0.25) is 0 Å². The summed E-state index contributed by atoms with van der Waals surface area (Å²) in [6.45, 7) is 5.64. The highest BCUT2D eigenvalue weighted by Crippen LogP contribution is 2.41. The molecule has 2 aromatic rings. The second-order valence-electron chi connectivity index (χ2n) is 9.51. The van der Waals surface area contributed by atoms with Crippen LogP contribution in [0.1, 0.15) is 18.9 Å². The molecule has 2 saturated heterocycles. The van der Waals surface area contributed by atoms with Crippen molar-refractivity contribution in [3.05, 3.63) is 70.7 Å². The topological polar surface area (TPSA) is 58.4 Å². The minimum Gasteiger partial charge on any atom is -0.364 e. The van der Waals surface area contributed by atoms with Gasteiger partial charge in [-0.2, -0.15) is 5.26 Å². The van der Waals surface area contributed by atoms with Gasteiger partial charge in [-0.05, 0) is 54.8 Å². The molecule has 168 valence electrons. The van der Waals surface area contributed by atoms with E-state index < -0.39 is 5.79 Å². The Balaban J connectivity index is 1.33. The van der Waals surface area contributed by atoms with Gasteiger partial charge in [-0.15, -0.1) is 0 Å². The predicted octanol–water partition coefficient (Wildman–Crippen LogP) is 3.30. The number of halogens is 1. The normalized spacial score (nSPS) is 23.4. The molecule has 3 aliphatic heterocycles. The van der Waals surface area contributed by atoms with Crippen molar-refractivity contribution < 1.29 is 4.39 Å². The van der Waals surface area contributed by atoms with Gasteiger partial charge in [0.1, 0.15) is 6.07 Å². The van der Waals surface area contributed by atoms with Crippen LogP contribution >= 0.6 is 0 Å². The molecule has 2 fully saturated rings. The Morgan fingerprint density at radius 1 is 1.27 bits per heavy atom. The molecule has 0 bridgehead atoms. The van der Waals surface area contributed by atoms with E-state index in [-0.39, 0.29) is 0 Å². The number of aromatic nitrogens is 1. The van der Waals surface area contributed by atoms with E-state index in [1.54, 1.807) is 11.1 Å². The zero-order valence-corrected chi connectivity index (χ0v) is 19.0. The molecule has 4 heterocycles. The lowest BCUT2D eigenvalue weighted by atomic mass is 9.95. The van der Waals surface area contributed by atoms with Crippen LogP contribution in [0, 0.1) is 11.3 Å². The molecule has 0 radical (unpaired) electrons. The Bertz CT molecular complexity index is 1280. The van der Waals surface area contributed by atoms with Gasteiger partial charge in [0.2, 0.25) is 5.79 Å². The first-order valence-corrected chi connectivity index (χ1v) is 11.5. The number of fused-ring (bicyclic) bond motifs is 3.